The van der Waals surface area contributed by atoms with Gasteiger partial charge in [0.1, 0.15) is 0 Å². The fraction of sp³-hybridized carbons (Fsp3) is 0.579. The highest BCUT2D eigenvalue weighted by atomic mass is 32.1. The summed E-state index contributed by atoms with van der Waals surface area (Å²) in [7, 11) is 0. The van der Waals surface area contributed by atoms with Crippen LogP contribution in [0, 0.1) is 0 Å². The molecule has 2 aromatic rings. The van der Waals surface area contributed by atoms with Gasteiger partial charge in [0.05, 0.1) is 12.7 Å². The quantitative estimate of drug-likeness (QED) is 0.411. The second kappa shape index (κ2) is 10.2. The fourth-order valence-corrected chi connectivity index (χ4v) is 4.51. The van der Waals surface area contributed by atoms with Crippen molar-refractivity contribution in [3.8, 4) is 9.75 Å². The van der Waals surface area contributed by atoms with E-state index in [1.54, 1.807) is 0 Å². The van der Waals surface area contributed by atoms with E-state index in [1.807, 2.05) is 22.7 Å². The van der Waals surface area contributed by atoms with E-state index < -0.39 is 0 Å². The monoisotopic (exact) mass is 336 g/mol. The topological polar surface area (TPSA) is 9.23 Å². The second-order valence-corrected chi connectivity index (χ2v) is 7.75. The molecule has 0 N–H and O–H groups in total. The van der Waals surface area contributed by atoms with E-state index >= 15 is 0 Å². The second-order valence-electron chi connectivity index (χ2n) is 5.89. The molecule has 122 valence electrons. The molecule has 0 saturated carbocycles. The van der Waals surface area contributed by atoms with E-state index in [9.17, 15) is 0 Å². The van der Waals surface area contributed by atoms with E-state index in [2.05, 4.69) is 42.8 Å². The van der Waals surface area contributed by atoms with Crippen LogP contribution < -0.4 is 0 Å². The summed E-state index contributed by atoms with van der Waals surface area (Å²) < 4.78 is 6.00. The molecular formula is C19H28OS2. The number of unbranched alkanes of at least 4 members (excludes halogenated alkanes) is 4. The number of ether oxygens (including phenoxy) is 1. The molecule has 0 bridgehead atoms. The van der Waals surface area contributed by atoms with E-state index in [0.29, 0.717) is 6.10 Å². The van der Waals surface area contributed by atoms with Crippen LogP contribution in [0.2, 0.25) is 0 Å². The standard InChI is InChI=1S/C19H28OS2/c1-3-4-5-6-7-9-16(2)20-13-11-17-12-15-22-19(17)18-10-8-14-21-18/h8,10,12,14-16H,3-7,9,11,13H2,1-2H3/t16-/m0/s1. The van der Waals surface area contributed by atoms with Gasteiger partial charge in [0.25, 0.3) is 0 Å². The molecule has 0 aliphatic carbocycles. The Morgan fingerprint density at radius 1 is 1.05 bits per heavy atom. The number of hydrogen-bond donors (Lipinski definition) is 0. The Labute approximate surface area is 143 Å². The lowest BCUT2D eigenvalue weighted by molar-refractivity contribution is 0.0607. The summed E-state index contributed by atoms with van der Waals surface area (Å²) in [5.74, 6) is 0. The molecule has 0 aliphatic heterocycles. The molecule has 0 aliphatic rings. The molecule has 2 heterocycles. The first-order chi connectivity index (χ1) is 10.8. The van der Waals surface area contributed by atoms with Gasteiger partial charge in [-0.1, -0.05) is 45.1 Å². The van der Waals surface area contributed by atoms with Gasteiger partial charge in [0.2, 0.25) is 0 Å². The van der Waals surface area contributed by atoms with Gasteiger partial charge in [-0.3, -0.25) is 0 Å². The van der Waals surface area contributed by atoms with Gasteiger partial charge in [0, 0.05) is 9.75 Å². The molecule has 0 spiro atoms. The predicted octanol–water partition coefficient (Wildman–Crippen LogP) is 6.78. The highest BCUT2D eigenvalue weighted by Gasteiger charge is 2.09. The van der Waals surface area contributed by atoms with E-state index in [-0.39, 0.29) is 0 Å². The lowest BCUT2D eigenvalue weighted by atomic mass is 10.1. The summed E-state index contributed by atoms with van der Waals surface area (Å²) in [5, 5.41) is 4.34. The van der Waals surface area contributed by atoms with E-state index in [4.69, 9.17) is 4.74 Å². The van der Waals surface area contributed by atoms with Crippen molar-refractivity contribution in [2.24, 2.45) is 0 Å². The van der Waals surface area contributed by atoms with Crippen LogP contribution in [0.1, 0.15) is 57.9 Å². The van der Waals surface area contributed by atoms with Gasteiger partial charge in [-0.25, -0.2) is 0 Å². The summed E-state index contributed by atoms with van der Waals surface area (Å²) in [5.41, 5.74) is 1.43. The van der Waals surface area contributed by atoms with Crippen molar-refractivity contribution in [3.05, 3.63) is 34.5 Å². The first kappa shape index (κ1) is 17.7. The first-order valence-electron chi connectivity index (χ1n) is 8.53. The average molecular weight is 337 g/mol. The van der Waals surface area contributed by atoms with Crippen LogP contribution >= 0.6 is 22.7 Å². The Balaban J connectivity index is 1.65. The molecule has 1 atom stereocenters. The molecule has 2 aromatic heterocycles. The summed E-state index contributed by atoms with van der Waals surface area (Å²) >= 11 is 3.66. The minimum atomic E-state index is 0.394. The summed E-state index contributed by atoms with van der Waals surface area (Å²) in [6.45, 7) is 5.32. The van der Waals surface area contributed by atoms with Gasteiger partial charge < -0.3 is 4.74 Å². The van der Waals surface area contributed by atoms with Crippen molar-refractivity contribution in [2.45, 2.75) is 64.9 Å². The maximum Gasteiger partial charge on any atom is 0.0547 e. The normalized spacial score (nSPS) is 12.6. The Morgan fingerprint density at radius 3 is 2.68 bits per heavy atom. The lowest BCUT2D eigenvalue weighted by Crippen LogP contribution is -2.10. The Morgan fingerprint density at radius 2 is 1.91 bits per heavy atom. The molecule has 0 radical (unpaired) electrons. The van der Waals surface area contributed by atoms with Crippen LogP contribution in [0.15, 0.2) is 29.0 Å². The maximum absolute atomic E-state index is 6.00. The van der Waals surface area contributed by atoms with Crippen molar-refractivity contribution in [1.82, 2.24) is 0 Å². The van der Waals surface area contributed by atoms with Gasteiger partial charge in [-0.2, -0.15) is 0 Å². The fourth-order valence-electron chi connectivity index (χ4n) is 2.65. The van der Waals surface area contributed by atoms with Crippen LogP contribution in [0.5, 0.6) is 0 Å². The summed E-state index contributed by atoms with van der Waals surface area (Å²) in [6.07, 6.45) is 9.35. The zero-order valence-electron chi connectivity index (χ0n) is 13.8. The number of rotatable bonds is 11. The largest absolute Gasteiger partial charge is 0.378 e. The highest BCUT2D eigenvalue weighted by Crippen LogP contribution is 2.33. The van der Waals surface area contributed by atoms with Crippen LogP contribution in [0.3, 0.4) is 0 Å². The molecule has 0 unspecified atom stereocenters. The van der Waals surface area contributed by atoms with Gasteiger partial charge in [0.15, 0.2) is 0 Å². The minimum Gasteiger partial charge on any atom is -0.378 e. The average Bonchev–Trinajstić information content (AvgIpc) is 3.17. The Bertz CT molecular complexity index is 501. The summed E-state index contributed by atoms with van der Waals surface area (Å²) in [6, 6.07) is 6.58. The molecular weight excluding hydrogens is 308 g/mol. The maximum atomic E-state index is 6.00. The molecule has 0 saturated heterocycles. The Hall–Kier alpha value is -0.640. The smallest absolute Gasteiger partial charge is 0.0547 e. The predicted molar refractivity (Wildman–Crippen MR) is 100 cm³/mol. The van der Waals surface area contributed by atoms with Crippen molar-refractivity contribution in [2.75, 3.05) is 6.61 Å². The summed E-state index contributed by atoms with van der Waals surface area (Å²) in [4.78, 5) is 2.81. The molecule has 0 aromatic carbocycles. The lowest BCUT2D eigenvalue weighted by Gasteiger charge is -2.13. The van der Waals surface area contributed by atoms with Gasteiger partial charge >= 0.3 is 0 Å². The molecule has 22 heavy (non-hydrogen) atoms. The zero-order valence-corrected chi connectivity index (χ0v) is 15.5. The van der Waals surface area contributed by atoms with Crippen molar-refractivity contribution >= 4 is 22.7 Å². The third-order valence-electron chi connectivity index (χ3n) is 3.98. The SMILES string of the molecule is CCCCCCC[C@H](C)OCCc1ccsc1-c1cccs1. The van der Waals surface area contributed by atoms with E-state index in [0.717, 1.165) is 13.0 Å². The molecule has 3 heteroatoms. The van der Waals surface area contributed by atoms with Gasteiger partial charge in [-0.05, 0) is 48.2 Å². The molecule has 0 amide bonds. The van der Waals surface area contributed by atoms with Crippen LogP contribution in [-0.2, 0) is 11.2 Å². The van der Waals surface area contributed by atoms with Gasteiger partial charge in [-0.15, -0.1) is 22.7 Å². The third-order valence-corrected chi connectivity index (χ3v) is 5.99. The van der Waals surface area contributed by atoms with E-state index in [1.165, 1.54) is 53.8 Å². The van der Waals surface area contributed by atoms with Crippen molar-refractivity contribution < 1.29 is 4.74 Å². The molecule has 2 rings (SSSR count). The first-order valence-corrected chi connectivity index (χ1v) is 10.3. The van der Waals surface area contributed by atoms with Crippen molar-refractivity contribution in [3.63, 3.8) is 0 Å². The zero-order chi connectivity index (χ0) is 15.6. The molecule has 1 nitrogen and oxygen atoms in total. The third kappa shape index (κ3) is 5.86. The number of thiophene rings is 2. The van der Waals surface area contributed by atoms with Crippen LogP contribution in [0.25, 0.3) is 9.75 Å². The number of hydrogen-bond acceptors (Lipinski definition) is 3. The minimum absolute atomic E-state index is 0.394. The highest BCUT2D eigenvalue weighted by molar-refractivity contribution is 7.20. The van der Waals surface area contributed by atoms with Crippen molar-refractivity contribution in [1.29, 1.82) is 0 Å². The Kier molecular flexibility index (Phi) is 8.21. The van der Waals surface area contributed by atoms with Crippen LogP contribution in [0.4, 0.5) is 0 Å². The molecule has 0 fully saturated rings. The van der Waals surface area contributed by atoms with Crippen LogP contribution in [-0.4, -0.2) is 12.7 Å².